The van der Waals surface area contributed by atoms with Gasteiger partial charge in [0.15, 0.2) is 0 Å². The molecule has 0 saturated carbocycles. The highest BCUT2D eigenvalue weighted by Gasteiger charge is 1.98. The average Bonchev–Trinajstić information content (AvgIpc) is 2.82. The molecule has 2 aromatic heterocycles. The minimum atomic E-state index is 0.447. The van der Waals surface area contributed by atoms with E-state index in [2.05, 4.69) is 16.4 Å². The minimum absolute atomic E-state index is 0.447. The molecule has 3 nitrogen and oxygen atoms in total. The second kappa shape index (κ2) is 5.63. The van der Waals surface area contributed by atoms with E-state index < -0.39 is 0 Å². The summed E-state index contributed by atoms with van der Waals surface area (Å²) >= 11 is 1.75. The van der Waals surface area contributed by atoms with Gasteiger partial charge in [0.1, 0.15) is 0 Å². The summed E-state index contributed by atoms with van der Waals surface area (Å²) in [5.41, 5.74) is 6.36. The third-order valence-corrected chi connectivity index (χ3v) is 3.11. The number of pyridine rings is 1. The first kappa shape index (κ1) is 11.1. The number of nitrogens with zero attached hydrogens (tertiary/aromatic N) is 1. The van der Waals surface area contributed by atoms with Crippen LogP contribution >= 0.6 is 11.3 Å². The third-order valence-electron chi connectivity index (χ3n) is 2.17. The Labute approximate surface area is 98.9 Å². The first-order valence-electron chi connectivity index (χ1n) is 5.19. The molecule has 0 bridgehead atoms. The molecule has 84 valence electrons. The Hall–Kier alpha value is -1.39. The van der Waals surface area contributed by atoms with Crippen LogP contribution in [0.1, 0.15) is 10.6 Å². The number of thiophene rings is 1. The van der Waals surface area contributed by atoms with E-state index >= 15 is 0 Å². The highest BCUT2D eigenvalue weighted by atomic mass is 32.1. The van der Waals surface area contributed by atoms with Gasteiger partial charge in [0.2, 0.25) is 5.88 Å². The summed E-state index contributed by atoms with van der Waals surface area (Å²) in [6.45, 7) is 1.10. The molecule has 2 rings (SSSR count). The predicted octanol–water partition coefficient (Wildman–Crippen LogP) is 2.22. The summed E-state index contributed by atoms with van der Waals surface area (Å²) in [4.78, 5) is 5.59. The summed E-state index contributed by atoms with van der Waals surface area (Å²) in [6.07, 6.45) is 0.923. The molecule has 0 spiro atoms. The van der Waals surface area contributed by atoms with E-state index in [9.17, 15) is 0 Å². The first-order valence-corrected chi connectivity index (χ1v) is 6.07. The van der Waals surface area contributed by atoms with Crippen molar-refractivity contribution in [2.24, 2.45) is 5.73 Å². The molecule has 16 heavy (non-hydrogen) atoms. The largest absolute Gasteiger partial charge is 0.477 e. The first-order chi connectivity index (χ1) is 7.88. The molecular weight excluding hydrogens is 220 g/mol. The summed E-state index contributed by atoms with van der Waals surface area (Å²) in [5, 5.41) is 2.07. The Balaban J connectivity index is 1.85. The van der Waals surface area contributed by atoms with Crippen LogP contribution in [0.3, 0.4) is 0 Å². The monoisotopic (exact) mass is 234 g/mol. The maximum Gasteiger partial charge on any atom is 0.213 e. The zero-order valence-electron chi connectivity index (χ0n) is 8.93. The van der Waals surface area contributed by atoms with Crippen LogP contribution in [0.2, 0.25) is 0 Å². The van der Waals surface area contributed by atoms with Crippen molar-refractivity contribution in [3.05, 3.63) is 46.3 Å². The van der Waals surface area contributed by atoms with Gasteiger partial charge in [-0.05, 0) is 17.5 Å². The van der Waals surface area contributed by atoms with Crippen LogP contribution in [-0.2, 0) is 13.0 Å². The SMILES string of the molecule is NCc1cccc(OCCc2cccs2)n1. The average molecular weight is 234 g/mol. The lowest BCUT2D eigenvalue weighted by atomic mass is 10.3. The van der Waals surface area contributed by atoms with E-state index in [-0.39, 0.29) is 0 Å². The second-order valence-corrected chi connectivity index (χ2v) is 4.38. The van der Waals surface area contributed by atoms with Crippen LogP contribution in [-0.4, -0.2) is 11.6 Å². The standard InChI is InChI=1S/C12H14N2OS/c13-9-10-3-1-5-12(14-10)15-7-6-11-4-2-8-16-11/h1-5,8H,6-7,9,13H2. The van der Waals surface area contributed by atoms with Gasteiger partial charge in [0.05, 0.1) is 12.3 Å². The topological polar surface area (TPSA) is 48.1 Å². The smallest absolute Gasteiger partial charge is 0.213 e. The Morgan fingerprint density at radius 1 is 1.25 bits per heavy atom. The Morgan fingerprint density at radius 3 is 2.94 bits per heavy atom. The van der Waals surface area contributed by atoms with Crippen molar-refractivity contribution in [1.29, 1.82) is 0 Å². The minimum Gasteiger partial charge on any atom is -0.477 e. The van der Waals surface area contributed by atoms with Gasteiger partial charge in [-0.3, -0.25) is 0 Å². The van der Waals surface area contributed by atoms with Crippen LogP contribution in [0.25, 0.3) is 0 Å². The van der Waals surface area contributed by atoms with Gasteiger partial charge < -0.3 is 10.5 Å². The van der Waals surface area contributed by atoms with E-state index in [1.807, 2.05) is 24.3 Å². The van der Waals surface area contributed by atoms with Gasteiger partial charge in [-0.25, -0.2) is 4.98 Å². The molecule has 0 aromatic carbocycles. The van der Waals surface area contributed by atoms with Crippen LogP contribution in [0.15, 0.2) is 35.7 Å². The molecule has 0 aliphatic carbocycles. The Kier molecular flexibility index (Phi) is 3.91. The summed E-state index contributed by atoms with van der Waals surface area (Å²) in [6, 6.07) is 9.82. The number of rotatable bonds is 5. The number of ether oxygens (including phenoxy) is 1. The zero-order valence-corrected chi connectivity index (χ0v) is 9.74. The highest BCUT2D eigenvalue weighted by molar-refractivity contribution is 7.09. The predicted molar refractivity (Wildman–Crippen MR) is 65.6 cm³/mol. The van der Waals surface area contributed by atoms with Gasteiger partial charge in [-0.2, -0.15) is 0 Å². The fourth-order valence-corrected chi connectivity index (χ4v) is 2.05. The second-order valence-electron chi connectivity index (χ2n) is 3.35. The van der Waals surface area contributed by atoms with E-state index in [1.54, 1.807) is 11.3 Å². The maximum atomic E-state index is 5.56. The quantitative estimate of drug-likeness (QED) is 0.863. The van der Waals surface area contributed by atoms with Gasteiger partial charge in [0, 0.05) is 23.9 Å². The normalized spacial score (nSPS) is 10.3. The number of aromatic nitrogens is 1. The zero-order chi connectivity index (χ0) is 11.2. The molecule has 0 atom stereocenters. The number of hydrogen-bond acceptors (Lipinski definition) is 4. The Morgan fingerprint density at radius 2 is 2.19 bits per heavy atom. The van der Waals surface area contributed by atoms with Crippen LogP contribution < -0.4 is 10.5 Å². The molecule has 2 aromatic rings. The van der Waals surface area contributed by atoms with Crippen molar-refractivity contribution in [2.45, 2.75) is 13.0 Å². The Bertz CT molecular complexity index is 428. The third kappa shape index (κ3) is 3.05. The van der Waals surface area contributed by atoms with Gasteiger partial charge >= 0.3 is 0 Å². The molecule has 2 N–H and O–H groups in total. The van der Waals surface area contributed by atoms with Crippen molar-refractivity contribution in [2.75, 3.05) is 6.61 Å². The van der Waals surface area contributed by atoms with Crippen molar-refractivity contribution < 1.29 is 4.74 Å². The van der Waals surface area contributed by atoms with Crippen molar-refractivity contribution in [3.8, 4) is 5.88 Å². The summed E-state index contributed by atoms with van der Waals surface area (Å²) in [7, 11) is 0. The molecule has 0 amide bonds. The van der Waals surface area contributed by atoms with Gasteiger partial charge in [-0.15, -0.1) is 11.3 Å². The maximum absolute atomic E-state index is 5.56. The van der Waals surface area contributed by atoms with E-state index in [0.717, 1.165) is 12.1 Å². The van der Waals surface area contributed by atoms with Crippen LogP contribution in [0.5, 0.6) is 5.88 Å². The molecule has 0 unspecified atom stereocenters. The molecule has 0 saturated heterocycles. The molecule has 0 radical (unpaired) electrons. The van der Waals surface area contributed by atoms with Crippen LogP contribution in [0.4, 0.5) is 0 Å². The summed E-state index contributed by atoms with van der Waals surface area (Å²) < 4.78 is 5.56. The molecule has 0 fully saturated rings. The van der Waals surface area contributed by atoms with E-state index in [1.165, 1.54) is 4.88 Å². The van der Waals surface area contributed by atoms with E-state index in [4.69, 9.17) is 10.5 Å². The van der Waals surface area contributed by atoms with Crippen LogP contribution in [0, 0.1) is 0 Å². The number of hydrogen-bond donors (Lipinski definition) is 1. The molecule has 4 heteroatoms. The summed E-state index contributed by atoms with van der Waals surface area (Å²) in [5.74, 6) is 0.652. The lowest BCUT2D eigenvalue weighted by Gasteiger charge is -2.05. The highest BCUT2D eigenvalue weighted by Crippen LogP contribution is 2.11. The van der Waals surface area contributed by atoms with Crippen molar-refractivity contribution >= 4 is 11.3 Å². The fourth-order valence-electron chi connectivity index (χ4n) is 1.36. The lowest BCUT2D eigenvalue weighted by Crippen LogP contribution is -2.04. The fraction of sp³-hybridized carbons (Fsp3) is 0.250. The van der Waals surface area contributed by atoms with Gasteiger partial charge in [-0.1, -0.05) is 12.1 Å². The molecule has 0 aliphatic rings. The van der Waals surface area contributed by atoms with E-state index in [0.29, 0.717) is 19.0 Å². The van der Waals surface area contributed by atoms with Crippen molar-refractivity contribution in [3.63, 3.8) is 0 Å². The molecular formula is C12H14N2OS. The van der Waals surface area contributed by atoms with Crippen molar-refractivity contribution in [1.82, 2.24) is 4.98 Å². The van der Waals surface area contributed by atoms with Gasteiger partial charge in [0.25, 0.3) is 0 Å². The number of nitrogens with two attached hydrogens (primary N) is 1. The molecule has 0 aliphatic heterocycles. The molecule has 2 heterocycles. The lowest BCUT2D eigenvalue weighted by molar-refractivity contribution is 0.309.